The summed E-state index contributed by atoms with van der Waals surface area (Å²) in [6, 6.07) is 11.0. The predicted molar refractivity (Wildman–Crippen MR) is 142 cm³/mol. The number of aromatic nitrogens is 2. The van der Waals surface area contributed by atoms with E-state index >= 15 is 0 Å². The molecule has 2 unspecified atom stereocenters. The van der Waals surface area contributed by atoms with Gasteiger partial charge < -0.3 is 5.11 Å². The molecule has 0 amide bonds. The maximum Gasteiger partial charge on any atom is 0.282 e. The first-order chi connectivity index (χ1) is 16.7. The second-order valence-electron chi connectivity index (χ2n) is 12.1. The molecule has 184 valence electrons. The van der Waals surface area contributed by atoms with Gasteiger partial charge in [-0.15, -0.1) is 0 Å². The lowest BCUT2D eigenvalue weighted by atomic mass is 9.69. The molecule has 2 aromatic carbocycles. The van der Waals surface area contributed by atoms with E-state index in [1.165, 1.54) is 23.2 Å². The van der Waals surface area contributed by atoms with Crippen molar-refractivity contribution in [2.75, 3.05) is 6.61 Å². The average molecular weight is 491 g/mol. The molecule has 3 aromatic rings. The Labute approximate surface area is 212 Å². The Morgan fingerprint density at radius 2 is 1.89 bits per heavy atom. The molecule has 2 fully saturated rings. The van der Waals surface area contributed by atoms with E-state index in [0.29, 0.717) is 22.2 Å². The molecule has 1 spiro atoms. The molecular formula is C30H35ClN2O2. The summed E-state index contributed by atoms with van der Waals surface area (Å²) < 4.78 is 2.31. The third-order valence-corrected chi connectivity index (χ3v) is 9.29. The van der Waals surface area contributed by atoms with Crippen LogP contribution in [0, 0.1) is 5.92 Å². The summed E-state index contributed by atoms with van der Waals surface area (Å²) in [5, 5.41) is 10.7. The molecule has 35 heavy (non-hydrogen) atoms. The summed E-state index contributed by atoms with van der Waals surface area (Å²) in [6.07, 6.45) is 8.82. The number of nitrogens with zero attached hydrogens (tertiary/aromatic N) is 2. The first-order valence-corrected chi connectivity index (χ1v) is 13.6. The SMILES string of the molecule is CC(C)(C)c1ccc(Cl)c2c(=O)nc3n(c12)-c1cc(C2CCC(CO)C2)ccc1C31CCCCC1. The van der Waals surface area contributed by atoms with Gasteiger partial charge in [0.25, 0.3) is 5.56 Å². The molecular weight excluding hydrogens is 456 g/mol. The minimum Gasteiger partial charge on any atom is -0.396 e. The number of rotatable bonds is 2. The lowest BCUT2D eigenvalue weighted by Crippen LogP contribution is -2.32. The lowest BCUT2D eigenvalue weighted by molar-refractivity contribution is 0.229. The van der Waals surface area contributed by atoms with Gasteiger partial charge in [-0.25, -0.2) is 0 Å². The maximum atomic E-state index is 13.5. The zero-order valence-electron chi connectivity index (χ0n) is 21.0. The van der Waals surface area contributed by atoms with Crippen LogP contribution >= 0.6 is 11.6 Å². The molecule has 6 rings (SSSR count). The van der Waals surface area contributed by atoms with Crippen LogP contribution < -0.4 is 5.56 Å². The van der Waals surface area contributed by atoms with Crippen molar-refractivity contribution in [3.8, 4) is 5.69 Å². The highest BCUT2D eigenvalue weighted by molar-refractivity contribution is 6.35. The monoisotopic (exact) mass is 490 g/mol. The smallest absolute Gasteiger partial charge is 0.282 e. The molecule has 0 bridgehead atoms. The average Bonchev–Trinajstić information content (AvgIpc) is 3.41. The fraction of sp³-hybridized carbons (Fsp3) is 0.533. The third-order valence-electron chi connectivity index (χ3n) is 8.98. The summed E-state index contributed by atoms with van der Waals surface area (Å²) in [4.78, 5) is 18.3. The van der Waals surface area contributed by atoms with Crippen LogP contribution in [0.4, 0.5) is 0 Å². The van der Waals surface area contributed by atoms with Crippen molar-refractivity contribution in [1.82, 2.24) is 9.55 Å². The molecule has 1 aromatic heterocycles. The van der Waals surface area contributed by atoms with Gasteiger partial charge in [0.2, 0.25) is 0 Å². The molecule has 2 aliphatic carbocycles. The van der Waals surface area contributed by atoms with E-state index in [0.717, 1.165) is 61.9 Å². The minimum absolute atomic E-state index is 0.155. The van der Waals surface area contributed by atoms with Crippen LogP contribution in [0.3, 0.4) is 0 Å². The van der Waals surface area contributed by atoms with Gasteiger partial charge in [-0.1, -0.05) is 69.8 Å². The number of aliphatic hydroxyl groups excluding tert-OH is 1. The maximum absolute atomic E-state index is 13.5. The quantitative estimate of drug-likeness (QED) is 0.431. The van der Waals surface area contributed by atoms with Crippen LogP contribution in [0.25, 0.3) is 16.6 Å². The number of hydrogen-bond donors (Lipinski definition) is 1. The van der Waals surface area contributed by atoms with Gasteiger partial charge in [-0.05, 0) is 78.2 Å². The third kappa shape index (κ3) is 3.43. The number of aliphatic hydroxyl groups is 1. The highest BCUT2D eigenvalue weighted by Gasteiger charge is 2.47. The van der Waals surface area contributed by atoms with E-state index in [2.05, 4.69) is 49.6 Å². The molecule has 4 nitrogen and oxygen atoms in total. The Bertz CT molecular complexity index is 1380. The zero-order valence-corrected chi connectivity index (χ0v) is 21.8. The largest absolute Gasteiger partial charge is 0.396 e. The lowest BCUT2D eigenvalue weighted by Gasteiger charge is -2.34. The van der Waals surface area contributed by atoms with Crippen LogP contribution in [0.2, 0.25) is 5.02 Å². The van der Waals surface area contributed by atoms with E-state index in [1.54, 1.807) is 0 Å². The molecule has 2 saturated carbocycles. The first-order valence-electron chi connectivity index (χ1n) is 13.3. The number of halogens is 1. The van der Waals surface area contributed by atoms with Gasteiger partial charge in [0.15, 0.2) is 0 Å². The molecule has 1 N–H and O–H groups in total. The summed E-state index contributed by atoms with van der Waals surface area (Å²) in [7, 11) is 0. The Kier molecular flexibility index (Phi) is 5.43. The Morgan fingerprint density at radius 3 is 2.57 bits per heavy atom. The Morgan fingerprint density at radius 1 is 1.11 bits per heavy atom. The topological polar surface area (TPSA) is 55.1 Å². The van der Waals surface area contributed by atoms with Crippen LogP contribution in [0.15, 0.2) is 35.1 Å². The van der Waals surface area contributed by atoms with Gasteiger partial charge in [0.1, 0.15) is 5.82 Å². The fourth-order valence-electron chi connectivity index (χ4n) is 7.18. The van der Waals surface area contributed by atoms with Crippen molar-refractivity contribution in [3.63, 3.8) is 0 Å². The van der Waals surface area contributed by atoms with E-state index in [4.69, 9.17) is 16.6 Å². The van der Waals surface area contributed by atoms with Crippen LogP contribution in [0.1, 0.15) is 101 Å². The Hall–Kier alpha value is -2.17. The molecule has 1 aliphatic heterocycles. The second kappa shape index (κ2) is 8.18. The van der Waals surface area contributed by atoms with E-state index in [1.807, 2.05) is 6.07 Å². The summed E-state index contributed by atoms with van der Waals surface area (Å²) in [5.41, 5.74) is 5.32. The minimum atomic E-state index is -0.208. The van der Waals surface area contributed by atoms with E-state index in [9.17, 15) is 9.90 Å². The van der Waals surface area contributed by atoms with E-state index < -0.39 is 0 Å². The second-order valence-corrected chi connectivity index (χ2v) is 12.5. The van der Waals surface area contributed by atoms with E-state index in [-0.39, 0.29) is 23.0 Å². The predicted octanol–water partition coefficient (Wildman–Crippen LogP) is 6.78. The van der Waals surface area contributed by atoms with Crippen molar-refractivity contribution in [1.29, 1.82) is 0 Å². The summed E-state index contributed by atoms with van der Waals surface area (Å²) in [6.45, 7) is 6.87. The molecule has 5 heteroatoms. The number of hydrogen-bond acceptors (Lipinski definition) is 3. The number of benzene rings is 2. The van der Waals surface area contributed by atoms with Gasteiger partial charge in [0, 0.05) is 6.61 Å². The van der Waals surface area contributed by atoms with Crippen LogP contribution in [-0.4, -0.2) is 21.3 Å². The van der Waals surface area contributed by atoms with Gasteiger partial charge in [-0.3, -0.25) is 9.36 Å². The number of fused-ring (bicyclic) bond motifs is 7. The van der Waals surface area contributed by atoms with Crippen molar-refractivity contribution >= 4 is 22.5 Å². The zero-order chi connectivity index (χ0) is 24.5. The molecule has 2 heterocycles. The van der Waals surface area contributed by atoms with Crippen molar-refractivity contribution in [3.05, 3.63) is 68.2 Å². The normalized spacial score (nSPS) is 23.1. The van der Waals surface area contributed by atoms with Gasteiger partial charge in [0.05, 0.1) is 27.0 Å². The molecule has 0 saturated heterocycles. The fourth-order valence-corrected chi connectivity index (χ4v) is 7.41. The van der Waals surface area contributed by atoms with Crippen molar-refractivity contribution < 1.29 is 5.11 Å². The first kappa shape index (κ1) is 23.2. The highest BCUT2D eigenvalue weighted by atomic mass is 35.5. The Balaban J connectivity index is 1.69. The molecule has 3 aliphatic rings. The van der Waals surface area contributed by atoms with Gasteiger partial charge >= 0.3 is 0 Å². The van der Waals surface area contributed by atoms with Gasteiger partial charge in [-0.2, -0.15) is 4.98 Å². The molecule has 0 radical (unpaired) electrons. The van der Waals surface area contributed by atoms with Crippen LogP contribution in [-0.2, 0) is 10.8 Å². The van der Waals surface area contributed by atoms with Crippen LogP contribution in [0.5, 0.6) is 0 Å². The summed E-state index contributed by atoms with van der Waals surface area (Å²) in [5.74, 6) is 1.78. The van der Waals surface area contributed by atoms with Crippen molar-refractivity contribution in [2.24, 2.45) is 5.92 Å². The highest BCUT2D eigenvalue weighted by Crippen LogP contribution is 2.53. The standard InChI is InChI=1S/C30H35ClN2O2/c1-29(2,3)22-11-12-23(31)25-26(22)33-24-16-20(19-8-7-18(15-19)17-34)9-10-21(24)30(13-5-4-6-14-30)28(33)32-27(25)35/h9-12,16,18-19,34H,4-8,13-15,17H2,1-3H3. The van der Waals surface area contributed by atoms with Crippen molar-refractivity contribution in [2.45, 2.75) is 88.9 Å². The molecule has 2 atom stereocenters. The summed E-state index contributed by atoms with van der Waals surface area (Å²) >= 11 is 6.68.